The first-order valence-electron chi connectivity index (χ1n) is 10.9. The molecule has 0 aliphatic carbocycles. The van der Waals surface area contributed by atoms with E-state index in [0.29, 0.717) is 25.3 Å². The number of likely N-dealkylation sites (N-methyl/N-ethyl adjacent to an activating group) is 1. The van der Waals surface area contributed by atoms with Crippen LogP contribution in [0.3, 0.4) is 0 Å². The van der Waals surface area contributed by atoms with Crippen molar-refractivity contribution in [3.05, 3.63) is 87.6 Å². The van der Waals surface area contributed by atoms with Gasteiger partial charge in [0.05, 0.1) is 18.6 Å². The molecule has 0 bridgehead atoms. The highest BCUT2D eigenvalue weighted by atomic mass is 32.1. The number of carbonyl (C=O) groups excluding carboxylic acids is 2. The molecule has 3 aromatic rings. The fourth-order valence-corrected chi connectivity index (χ4v) is 5.42. The Morgan fingerprint density at radius 3 is 2.53 bits per heavy atom. The summed E-state index contributed by atoms with van der Waals surface area (Å²) in [4.78, 5) is 32.4. The molecule has 2 atom stereocenters. The fraction of sp³-hybridized carbons (Fsp3) is 0.308. The van der Waals surface area contributed by atoms with Crippen molar-refractivity contribution in [2.75, 3.05) is 31.7 Å². The number of nitrogens with zero attached hydrogens (tertiary/aromatic N) is 2. The lowest BCUT2D eigenvalue weighted by Gasteiger charge is -2.42. The summed E-state index contributed by atoms with van der Waals surface area (Å²) < 4.78 is 5.31. The molecular formula is C26H28N2O3S. The number of amides is 2. The second kappa shape index (κ2) is 9.67. The highest BCUT2D eigenvalue weighted by Crippen LogP contribution is 2.45. The molecule has 1 aliphatic rings. The van der Waals surface area contributed by atoms with E-state index in [1.165, 1.54) is 0 Å². The van der Waals surface area contributed by atoms with Crippen LogP contribution in [0.15, 0.2) is 66.0 Å². The van der Waals surface area contributed by atoms with Crippen LogP contribution in [0, 0.1) is 6.92 Å². The fourth-order valence-electron chi connectivity index (χ4n) is 4.55. The number of carbonyl (C=O) groups is 2. The van der Waals surface area contributed by atoms with Crippen molar-refractivity contribution in [2.45, 2.75) is 25.8 Å². The lowest BCUT2D eigenvalue weighted by molar-refractivity contribution is -0.121. The smallest absolute Gasteiger partial charge is 0.254 e. The van der Waals surface area contributed by atoms with Crippen LogP contribution in [0.5, 0.6) is 0 Å². The summed E-state index contributed by atoms with van der Waals surface area (Å²) in [7, 11) is 1.63. The van der Waals surface area contributed by atoms with E-state index in [4.69, 9.17) is 4.74 Å². The molecule has 6 heteroatoms. The van der Waals surface area contributed by atoms with E-state index in [9.17, 15) is 9.59 Å². The van der Waals surface area contributed by atoms with Gasteiger partial charge in [-0.3, -0.25) is 9.59 Å². The molecule has 0 spiro atoms. The predicted molar refractivity (Wildman–Crippen MR) is 128 cm³/mol. The number of anilines is 1. The molecule has 0 unspecified atom stereocenters. The zero-order valence-corrected chi connectivity index (χ0v) is 19.5. The Kier molecular flexibility index (Phi) is 6.72. The van der Waals surface area contributed by atoms with Gasteiger partial charge in [0, 0.05) is 36.3 Å². The topological polar surface area (TPSA) is 49.9 Å². The Balaban J connectivity index is 1.87. The number of thiophene rings is 1. The highest BCUT2D eigenvalue weighted by molar-refractivity contribution is 7.10. The Bertz CT molecular complexity index is 1100. The molecule has 166 valence electrons. The number of aryl methyl sites for hydroxylation is 1. The van der Waals surface area contributed by atoms with E-state index < -0.39 is 5.92 Å². The van der Waals surface area contributed by atoms with Gasteiger partial charge in [-0.05, 0) is 48.6 Å². The number of ether oxygens (including phenoxy) is 1. The van der Waals surface area contributed by atoms with E-state index in [2.05, 4.69) is 0 Å². The molecule has 0 fully saturated rings. The van der Waals surface area contributed by atoms with Crippen molar-refractivity contribution in [1.82, 2.24) is 4.90 Å². The molecule has 2 amide bonds. The van der Waals surface area contributed by atoms with Gasteiger partial charge in [-0.2, -0.15) is 0 Å². The zero-order valence-electron chi connectivity index (χ0n) is 18.7. The van der Waals surface area contributed by atoms with Gasteiger partial charge < -0.3 is 14.5 Å². The van der Waals surface area contributed by atoms with Crippen molar-refractivity contribution in [2.24, 2.45) is 0 Å². The van der Waals surface area contributed by atoms with Gasteiger partial charge in [-0.15, -0.1) is 11.3 Å². The molecular weight excluding hydrogens is 420 g/mol. The summed E-state index contributed by atoms with van der Waals surface area (Å²) in [6, 6.07) is 19.1. The van der Waals surface area contributed by atoms with E-state index in [0.717, 1.165) is 21.7 Å². The van der Waals surface area contributed by atoms with Crippen LogP contribution >= 0.6 is 11.3 Å². The normalized spacial score (nSPS) is 17.8. The van der Waals surface area contributed by atoms with E-state index in [1.54, 1.807) is 18.4 Å². The quantitative estimate of drug-likeness (QED) is 0.509. The summed E-state index contributed by atoms with van der Waals surface area (Å²) in [5, 5.41) is 2.00. The minimum absolute atomic E-state index is 0.00238. The first-order chi connectivity index (χ1) is 15.6. The molecule has 0 radical (unpaired) electrons. The number of methoxy groups -OCH3 is 1. The van der Waals surface area contributed by atoms with Gasteiger partial charge in [0.15, 0.2) is 0 Å². The third kappa shape index (κ3) is 3.96. The third-order valence-corrected chi connectivity index (χ3v) is 7.01. The Hall–Kier alpha value is -2.96. The van der Waals surface area contributed by atoms with Crippen molar-refractivity contribution in [1.29, 1.82) is 0 Å². The van der Waals surface area contributed by atoms with Gasteiger partial charge in [-0.25, -0.2) is 0 Å². The number of para-hydroxylation sites is 1. The molecule has 0 N–H and O–H groups in total. The van der Waals surface area contributed by atoms with Crippen LogP contribution in [-0.4, -0.2) is 43.5 Å². The SMILES string of the molecule is CCN(C(=O)[C@@H]1c2ccccc2C(=O)N(CCOC)[C@H]1c1cccs1)c1ccccc1C. The average Bonchev–Trinajstić information content (AvgIpc) is 3.34. The molecule has 4 rings (SSSR count). The maximum Gasteiger partial charge on any atom is 0.254 e. The average molecular weight is 449 g/mol. The monoisotopic (exact) mass is 448 g/mol. The number of rotatable bonds is 7. The zero-order chi connectivity index (χ0) is 22.7. The highest BCUT2D eigenvalue weighted by Gasteiger charge is 2.45. The van der Waals surface area contributed by atoms with E-state index in [-0.39, 0.29) is 17.9 Å². The van der Waals surface area contributed by atoms with Crippen molar-refractivity contribution in [3.8, 4) is 0 Å². The molecule has 1 aromatic heterocycles. The van der Waals surface area contributed by atoms with E-state index in [1.807, 2.05) is 89.7 Å². The lowest BCUT2D eigenvalue weighted by Crippen LogP contribution is -2.49. The van der Waals surface area contributed by atoms with Crippen molar-refractivity contribution < 1.29 is 14.3 Å². The largest absolute Gasteiger partial charge is 0.383 e. The summed E-state index contributed by atoms with van der Waals surface area (Å²) in [6.45, 7) is 5.39. The number of fused-ring (bicyclic) bond motifs is 1. The molecule has 2 heterocycles. The van der Waals surface area contributed by atoms with Crippen LogP contribution in [-0.2, 0) is 9.53 Å². The van der Waals surface area contributed by atoms with Crippen molar-refractivity contribution in [3.63, 3.8) is 0 Å². The van der Waals surface area contributed by atoms with Gasteiger partial charge >= 0.3 is 0 Å². The summed E-state index contributed by atoms with van der Waals surface area (Å²) in [6.07, 6.45) is 0. The second-order valence-electron chi connectivity index (χ2n) is 7.89. The minimum atomic E-state index is -0.501. The molecule has 2 aromatic carbocycles. The Morgan fingerprint density at radius 1 is 1.09 bits per heavy atom. The third-order valence-electron chi connectivity index (χ3n) is 6.06. The molecule has 0 saturated heterocycles. The Labute approximate surface area is 193 Å². The van der Waals surface area contributed by atoms with Crippen LogP contribution in [0.25, 0.3) is 0 Å². The second-order valence-corrected chi connectivity index (χ2v) is 8.86. The van der Waals surface area contributed by atoms with Gasteiger partial charge in [-0.1, -0.05) is 42.5 Å². The summed E-state index contributed by atoms with van der Waals surface area (Å²) >= 11 is 1.58. The summed E-state index contributed by atoms with van der Waals surface area (Å²) in [5.74, 6) is -0.555. The standard InChI is InChI=1S/C26H28N2O3S/c1-4-27(21-13-8-5-10-18(21)2)26(30)23-19-11-6-7-12-20(19)25(29)28(15-16-31-3)24(23)22-14-9-17-32-22/h5-14,17,23-24H,4,15-16H2,1-3H3/t23-,24+/m1/s1. The first kappa shape index (κ1) is 22.2. The Morgan fingerprint density at radius 2 is 1.84 bits per heavy atom. The lowest BCUT2D eigenvalue weighted by atomic mass is 9.81. The maximum atomic E-state index is 14.2. The van der Waals surface area contributed by atoms with Crippen molar-refractivity contribution >= 4 is 28.8 Å². The van der Waals surface area contributed by atoms with Gasteiger partial charge in [0.25, 0.3) is 5.91 Å². The molecule has 5 nitrogen and oxygen atoms in total. The van der Waals surface area contributed by atoms with E-state index >= 15 is 0 Å². The van der Waals surface area contributed by atoms with Crippen LogP contribution in [0.1, 0.15) is 45.2 Å². The first-order valence-corrected chi connectivity index (χ1v) is 11.8. The predicted octanol–water partition coefficient (Wildman–Crippen LogP) is 5.04. The van der Waals surface area contributed by atoms with Crippen LogP contribution in [0.4, 0.5) is 5.69 Å². The van der Waals surface area contributed by atoms with Gasteiger partial charge in [0.2, 0.25) is 5.91 Å². The maximum absolute atomic E-state index is 14.2. The van der Waals surface area contributed by atoms with Gasteiger partial charge in [0.1, 0.15) is 0 Å². The number of benzene rings is 2. The van der Waals surface area contributed by atoms with Crippen LogP contribution < -0.4 is 4.90 Å². The minimum Gasteiger partial charge on any atom is -0.383 e. The molecule has 32 heavy (non-hydrogen) atoms. The molecule has 1 aliphatic heterocycles. The number of hydrogen-bond donors (Lipinski definition) is 0. The summed E-state index contributed by atoms with van der Waals surface area (Å²) in [5.41, 5.74) is 3.34. The molecule has 0 saturated carbocycles. The number of hydrogen-bond acceptors (Lipinski definition) is 4. The van der Waals surface area contributed by atoms with Crippen LogP contribution in [0.2, 0.25) is 0 Å².